The van der Waals surface area contributed by atoms with E-state index in [1.165, 1.54) is 110 Å². The minimum absolute atomic E-state index is 0.588. The fraction of sp³-hybridized carbons (Fsp3) is 1.00. The molecule has 2 N–H and O–H groups in total. The molecule has 0 aromatic carbocycles. The third kappa shape index (κ3) is 4.76. The molecule has 0 spiro atoms. The smallest absolute Gasteiger partial charge is 0.0606 e. The van der Waals surface area contributed by atoms with E-state index >= 15 is 0 Å². The molecule has 8 aliphatic rings. The summed E-state index contributed by atoms with van der Waals surface area (Å²) in [5.41, 5.74) is 0. The van der Waals surface area contributed by atoms with Crippen molar-refractivity contribution in [3.8, 4) is 0 Å². The molecular formula is C28H48N2O. The first-order valence-electron chi connectivity index (χ1n) is 14.4. The fourth-order valence-corrected chi connectivity index (χ4v) is 9.23. The summed E-state index contributed by atoms with van der Waals surface area (Å²) in [6, 6.07) is 0.824. The van der Waals surface area contributed by atoms with Crippen molar-refractivity contribution >= 4 is 0 Å². The summed E-state index contributed by atoms with van der Waals surface area (Å²) in [5.74, 6) is 7.43. The van der Waals surface area contributed by atoms with E-state index in [-0.39, 0.29) is 0 Å². The predicted octanol–water partition coefficient (Wildman–Crippen LogP) is 5.39. The summed E-state index contributed by atoms with van der Waals surface area (Å²) < 4.78 is 6.57. The molecule has 176 valence electrons. The molecular weight excluding hydrogens is 380 g/mol. The van der Waals surface area contributed by atoms with E-state index in [2.05, 4.69) is 10.6 Å². The Kier molecular flexibility index (Phi) is 6.65. The third-order valence-corrected chi connectivity index (χ3v) is 11.0. The molecule has 3 heteroatoms. The van der Waals surface area contributed by atoms with Crippen LogP contribution in [0.25, 0.3) is 0 Å². The SMILES string of the molecule is C1CC2CCC(C3CC4CCC(C5CCC6CCC(C5)NC6)C(CNC4)C3)C(C1)OC2. The van der Waals surface area contributed by atoms with Crippen molar-refractivity contribution in [1.29, 1.82) is 0 Å². The van der Waals surface area contributed by atoms with Crippen LogP contribution in [0.3, 0.4) is 0 Å². The van der Waals surface area contributed by atoms with Gasteiger partial charge in [-0.1, -0.05) is 6.42 Å². The van der Waals surface area contributed by atoms with Crippen molar-refractivity contribution in [2.45, 2.75) is 102 Å². The van der Waals surface area contributed by atoms with E-state index in [0.29, 0.717) is 6.10 Å². The van der Waals surface area contributed by atoms with Crippen LogP contribution in [0, 0.1) is 47.3 Å². The molecule has 2 aliphatic carbocycles. The van der Waals surface area contributed by atoms with Crippen LogP contribution in [-0.2, 0) is 4.74 Å². The quantitative estimate of drug-likeness (QED) is 0.618. The second-order valence-corrected chi connectivity index (χ2v) is 12.8. The van der Waals surface area contributed by atoms with Gasteiger partial charge in [-0.15, -0.1) is 0 Å². The number of piperidine rings is 1. The second-order valence-electron chi connectivity index (χ2n) is 12.8. The molecule has 8 rings (SSSR count). The number of fused-ring (bicyclic) bond motifs is 15. The zero-order valence-electron chi connectivity index (χ0n) is 19.9. The Morgan fingerprint density at radius 1 is 0.548 bits per heavy atom. The van der Waals surface area contributed by atoms with Crippen LogP contribution in [-0.4, -0.2) is 38.4 Å². The molecule has 0 aromatic heterocycles. The summed E-state index contributed by atoms with van der Waals surface area (Å²) >= 11 is 0. The average molecular weight is 429 g/mol. The van der Waals surface area contributed by atoms with Crippen LogP contribution in [0.1, 0.15) is 89.9 Å². The van der Waals surface area contributed by atoms with E-state index in [0.717, 1.165) is 60.0 Å². The normalized spacial score (nSPS) is 51.1. The highest BCUT2D eigenvalue weighted by molar-refractivity contribution is 4.95. The topological polar surface area (TPSA) is 33.3 Å². The summed E-state index contributed by atoms with van der Waals surface area (Å²) in [4.78, 5) is 0. The van der Waals surface area contributed by atoms with Crippen LogP contribution in [0.15, 0.2) is 0 Å². The molecule has 6 heterocycles. The number of hydrogen-bond donors (Lipinski definition) is 2. The maximum Gasteiger partial charge on any atom is 0.0606 e. The van der Waals surface area contributed by atoms with E-state index in [1.54, 1.807) is 0 Å². The van der Waals surface area contributed by atoms with Gasteiger partial charge in [-0.3, -0.25) is 0 Å². The molecule has 8 fully saturated rings. The molecule has 10 atom stereocenters. The highest BCUT2D eigenvalue weighted by Gasteiger charge is 2.43. The average Bonchev–Trinajstić information content (AvgIpc) is 3.06. The maximum atomic E-state index is 6.57. The number of rotatable bonds is 2. The monoisotopic (exact) mass is 428 g/mol. The summed E-state index contributed by atoms with van der Waals surface area (Å²) in [5, 5.41) is 7.89. The second kappa shape index (κ2) is 9.63. The summed E-state index contributed by atoms with van der Waals surface area (Å²) in [6.07, 6.45) is 21.2. The molecule has 6 aliphatic heterocycles. The Morgan fingerprint density at radius 2 is 1.42 bits per heavy atom. The molecule has 0 aromatic rings. The molecule has 2 saturated carbocycles. The van der Waals surface area contributed by atoms with Crippen LogP contribution in [0.2, 0.25) is 0 Å². The lowest BCUT2D eigenvalue weighted by atomic mass is 9.62. The van der Waals surface area contributed by atoms with Crippen molar-refractivity contribution < 1.29 is 4.74 Å². The lowest BCUT2D eigenvalue weighted by molar-refractivity contribution is -0.0189. The predicted molar refractivity (Wildman–Crippen MR) is 127 cm³/mol. The molecule has 0 radical (unpaired) electrons. The van der Waals surface area contributed by atoms with Gasteiger partial charge >= 0.3 is 0 Å². The lowest BCUT2D eigenvalue weighted by Crippen LogP contribution is -2.47. The first-order chi connectivity index (χ1) is 15.3. The van der Waals surface area contributed by atoms with Crippen LogP contribution in [0.4, 0.5) is 0 Å². The maximum absolute atomic E-state index is 6.57. The van der Waals surface area contributed by atoms with Crippen molar-refractivity contribution in [2.24, 2.45) is 47.3 Å². The Balaban J connectivity index is 1.20. The Morgan fingerprint density at radius 3 is 2.35 bits per heavy atom. The van der Waals surface area contributed by atoms with Gasteiger partial charge in [0.2, 0.25) is 0 Å². The first-order valence-corrected chi connectivity index (χ1v) is 14.4. The highest BCUT2D eigenvalue weighted by Crippen LogP contribution is 2.48. The van der Waals surface area contributed by atoms with Gasteiger partial charge in [-0.05, 0) is 150 Å². The number of hydrogen-bond acceptors (Lipinski definition) is 3. The Hall–Kier alpha value is -0.120. The van der Waals surface area contributed by atoms with Crippen molar-refractivity contribution in [1.82, 2.24) is 10.6 Å². The standard InChI is InChI=1S/C28H48N2O/c1-2-20-6-11-27(28(3-1)31-18-20)23-12-21-7-10-26(24(13-23)17-29-15-21)22-8-4-19-5-9-25(14-22)30-16-19/h19-30H,1-18H2. The molecule has 0 amide bonds. The fourth-order valence-electron chi connectivity index (χ4n) is 9.23. The summed E-state index contributed by atoms with van der Waals surface area (Å²) in [7, 11) is 0. The molecule has 31 heavy (non-hydrogen) atoms. The van der Waals surface area contributed by atoms with E-state index in [4.69, 9.17) is 4.74 Å². The highest BCUT2D eigenvalue weighted by atomic mass is 16.5. The van der Waals surface area contributed by atoms with Crippen LogP contribution < -0.4 is 10.6 Å². The lowest BCUT2D eigenvalue weighted by Gasteiger charge is -2.47. The van der Waals surface area contributed by atoms with E-state index in [1.807, 2.05) is 0 Å². The zero-order valence-corrected chi connectivity index (χ0v) is 19.9. The van der Waals surface area contributed by atoms with Gasteiger partial charge in [0, 0.05) is 12.6 Å². The minimum Gasteiger partial charge on any atom is -0.378 e. The van der Waals surface area contributed by atoms with Crippen LogP contribution in [0.5, 0.6) is 0 Å². The molecule has 6 bridgehead atoms. The Bertz CT molecular complexity index is 588. The van der Waals surface area contributed by atoms with Crippen molar-refractivity contribution in [3.05, 3.63) is 0 Å². The summed E-state index contributed by atoms with van der Waals surface area (Å²) in [6.45, 7) is 4.97. The molecule has 10 unspecified atom stereocenters. The number of ether oxygens (including phenoxy) is 1. The van der Waals surface area contributed by atoms with Crippen molar-refractivity contribution in [2.75, 3.05) is 26.2 Å². The van der Waals surface area contributed by atoms with Crippen LogP contribution >= 0.6 is 0 Å². The van der Waals surface area contributed by atoms with Crippen molar-refractivity contribution in [3.63, 3.8) is 0 Å². The minimum atomic E-state index is 0.588. The largest absolute Gasteiger partial charge is 0.378 e. The first kappa shape index (κ1) is 21.4. The molecule has 6 saturated heterocycles. The molecule has 3 nitrogen and oxygen atoms in total. The van der Waals surface area contributed by atoms with Gasteiger partial charge in [-0.25, -0.2) is 0 Å². The van der Waals surface area contributed by atoms with Gasteiger partial charge in [0.25, 0.3) is 0 Å². The van der Waals surface area contributed by atoms with Gasteiger partial charge < -0.3 is 15.4 Å². The third-order valence-electron chi connectivity index (χ3n) is 11.0. The van der Waals surface area contributed by atoms with Gasteiger partial charge in [0.15, 0.2) is 0 Å². The van der Waals surface area contributed by atoms with E-state index in [9.17, 15) is 0 Å². The van der Waals surface area contributed by atoms with Gasteiger partial charge in [-0.2, -0.15) is 0 Å². The Labute approximate surface area is 191 Å². The van der Waals surface area contributed by atoms with Gasteiger partial charge in [0.05, 0.1) is 6.10 Å². The van der Waals surface area contributed by atoms with E-state index < -0.39 is 0 Å². The zero-order chi connectivity index (χ0) is 20.6. The van der Waals surface area contributed by atoms with Gasteiger partial charge in [0.1, 0.15) is 0 Å². The number of nitrogens with one attached hydrogen (secondary N) is 2.